The zero-order valence-electron chi connectivity index (χ0n) is 19.2. The van der Waals surface area contributed by atoms with Crippen molar-refractivity contribution in [1.82, 2.24) is 0 Å². The molecule has 0 saturated heterocycles. The predicted molar refractivity (Wildman–Crippen MR) is 139 cm³/mol. The molecule has 0 amide bonds. The normalized spacial score (nSPS) is 18.9. The number of benzene rings is 3. The maximum Gasteiger partial charge on any atom is 0.380 e. The summed E-state index contributed by atoms with van der Waals surface area (Å²) in [5.41, 5.74) is 0.916. The van der Waals surface area contributed by atoms with Crippen LogP contribution in [0.1, 0.15) is 51.4 Å². The molecule has 4 heteroatoms. The van der Waals surface area contributed by atoms with Crippen LogP contribution in [0.3, 0.4) is 0 Å². The molecule has 1 aliphatic carbocycles. The average molecular weight is 453 g/mol. The largest absolute Gasteiger partial charge is 0.438 e. The second kappa shape index (κ2) is 11.6. The van der Waals surface area contributed by atoms with Gasteiger partial charge in [0.1, 0.15) is 0 Å². The Balaban J connectivity index is 1.83. The number of rotatable bonds is 5. The monoisotopic (exact) mass is 452 g/mol. The number of nitriles is 1. The van der Waals surface area contributed by atoms with E-state index in [0.717, 1.165) is 47.0 Å². The van der Waals surface area contributed by atoms with Crippen LogP contribution >= 0.6 is 0 Å². The van der Waals surface area contributed by atoms with Gasteiger partial charge in [-0.05, 0) is 34.8 Å². The molecule has 1 fully saturated rings. The van der Waals surface area contributed by atoms with Gasteiger partial charge in [-0.25, -0.2) is 0 Å². The van der Waals surface area contributed by atoms with Crippen LogP contribution in [0.2, 0.25) is 0 Å². The summed E-state index contributed by atoms with van der Waals surface area (Å²) in [6.07, 6.45) is 8.78. The molecule has 3 aromatic rings. The highest BCUT2D eigenvalue weighted by molar-refractivity contribution is 7.07. The van der Waals surface area contributed by atoms with Crippen molar-refractivity contribution in [3.8, 4) is 6.07 Å². The molecular formula is C29H32N2OSi. The Morgan fingerprint density at radius 1 is 0.667 bits per heavy atom. The van der Waals surface area contributed by atoms with Crippen LogP contribution in [0.4, 0.5) is 0 Å². The lowest BCUT2D eigenvalue weighted by molar-refractivity contribution is 0.342. The molecule has 1 atom stereocenters. The molecule has 168 valence electrons. The van der Waals surface area contributed by atoms with Crippen molar-refractivity contribution in [2.45, 2.75) is 51.4 Å². The van der Waals surface area contributed by atoms with Crippen LogP contribution < -0.4 is 15.6 Å². The molecule has 1 aliphatic rings. The first kappa shape index (κ1) is 23.0. The Hall–Kier alpha value is -3.16. The lowest BCUT2D eigenvalue weighted by Gasteiger charge is -2.30. The second-order valence-corrected chi connectivity index (χ2v) is 12.1. The first-order valence-electron chi connectivity index (χ1n) is 12.2. The van der Waals surface area contributed by atoms with E-state index in [1.807, 2.05) is 18.2 Å². The maximum atomic E-state index is 9.95. The topological polar surface area (TPSA) is 45.4 Å². The van der Waals surface area contributed by atoms with E-state index in [4.69, 9.17) is 9.68 Å². The molecule has 0 aliphatic heterocycles. The van der Waals surface area contributed by atoms with E-state index in [9.17, 15) is 5.26 Å². The SMILES string of the molecule is N#CC1CCCCCCCCC1=NO[Si](c1ccccc1)(c1ccccc1)c1ccccc1. The summed E-state index contributed by atoms with van der Waals surface area (Å²) in [6, 6.07) is 34.0. The quantitative estimate of drug-likeness (QED) is 0.300. The Bertz CT molecular complexity index is 964. The molecule has 33 heavy (non-hydrogen) atoms. The van der Waals surface area contributed by atoms with Gasteiger partial charge >= 0.3 is 8.32 Å². The van der Waals surface area contributed by atoms with E-state index >= 15 is 0 Å². The molecule has 1 unspecified atom stereocenters. The van der Waals surface area contributed by atoms with Gasteiger partial charge in [0, 0.05) is 0 Å². The van der Waals surface area contributed by atoms with Crippen LogP contribution in [0, 0.1) is 17.2 Å². The zero-order valence-corrected chi connectivity index (χ0v) is 20.2. The van der Waals surface area contributed by atoms with Crippen molar-refractivity contribution in [1.29, 1.82) is 5.26 Å². The molecule has 0 aromatic heterocycles. The summed E-state index contributed by atoms with van der Waals surface area (Å²) in [5, 5.41) is 18.3. The minimum atomic E-state index is -2.90. The molecule has 3 aromatic carbocycles. The van der Waals surface area contributed by atoms with Crippen LogP contribution in [-0.2, 0) is 4.53 Å². The lowest BCUT2D eigenvalue weighted by atomic mass is 9.91. The van der Waals surface area contributed by atoms with Gasteiger partial charge < -0.3 is 4.53 Å². The fourth-order valence-electron chi connectivity index (χ4n) is 4.75. The zero-order chi connectivity index (χ0) is 22.8. The van der Waals surface area contributed by atoms with Gasteiger partial charge in [0.05, 0.1) is 17.7 Å². The van der Waals surface area contributed by atoms with Gasteiger partial charge in [-0.3, -0.25) is 0 Å². The standard InChI is InChI=1S/C29H32N2OSi/c30-24-25-16-8-3-1-2-4-15-23-29(25)31-32-33(26-17-9-5-10-18-26,27-19-11-6-12-20-27)28-21-13-7-14-22-28/h5-7,9-14,17-22,25H,1-4,8,15-16,23H2. The highest BCUT2D eigenvalue weighted by atomic mass is 28.4. The first-order chi connectivity index (χ1) is 16.3. The van der Waals surface area contributed by atoms with Crippen LogP contribution in [0.15, 0.2) is 96.2 Å². The van der Waals surface area contributed by atoms with E-state index in [0.29, 0.717) is 0 Å². The van der Waals surface area contributed by atoms with E-state index in [1.165, 1.54) is 25.7 Å². The molecule has 0 N–H and O–H groups in total. The molecule has 0 radical (unpaired) electrons. The summed E-state index contributed by atoms with van der Waals surface area (Å²) < 4.78 is 6.80. The van der Waals surface area contributed by atoms with Crippen LogP contribution in [0.5, 0.6) is 0 Å². The van der Waals surface area contributed by atoms with Gasteiger partial charge in [0.2, 0.25) is 0 Å². The van der Waals surface area contributed by atoms with Crippen molar-refractivity contribution in [2.24, 2.45) is 11.1 Å². The van der Waals surface area contributed by atoms with Crippen molar-refractivity contribution in [3.63, 3.8) is 0 Å². The highest BCUT2D eigenvalue weighted by Gasteiger charge is 2.45. The van der Waals surface area contributed by atoms with Crippen LogP contribution in [-0.4, -0.2) is 14.0 Å². The minimum Gasteiger partial charge on any atom is -0.438 e. The Morgan fingerprint density at radius 2 is 1.12 bits per heavy atom. The Kier molecular flexibility index (Phi) is 8.11. The first-order valence-corrected chi connectivity index (χ1v) is 14.1. The molecule has 1 saturated carbocycles. The van der Waals surface area contributed by atoms with Crippen molar-refractivity contribution >= 4 is 29.6 Å². The predicted octanol–water partition coefficient (Wildman–Crippen LogP) is 5.30. The third-order valence-electron chi connectivity index (χ3n) is 6.57. The Morgan fingerprint density at radius 3 is 1.61 bits per heavy atom. The van der Waals surface area contributed by atoms with Gasteiger partial charge in [-0.15, -0.1) is 5.16 Å². The fourth-order valence-corrected chi connectivity index (χ4v) is 8.31. The number of oxime groups is 1. The lowest BCUT2D eigenvalue weighted by Crippen LogP contribution is -2.68. The van der Waals surface area contributed by atoms with E-state index < -0.39 is 8.32 Å². The third kappa shape index (κ3) is 5.43. The smallest absolute Gasteiger partial charge is 0.380 e. The minimum absolute atomic E-state index is 0.169. The molecule has 0 heterocycles. The maximum absolute atomic E-state index is 9.95. The third-order valence-corrected chi connectivity index (χ3v) is 10.4. The van der Waals surface area contributed by atoms with Gasteiger partial charge in [0.15, 0.2) is 0 Å². The number of nitrogens with zero attached hydrogens (tertiary/aromatic N) is 2. The number of hydrogen-bond acceptors (Lipinski definition) is 3. The fraction of sp³-hybridized carbons (Fsp3) is 0.310. The summed E-state index contributed by atoms with van der Waals surface area (Å²) >= 11 is 0. The Labute approximate surface area is 198 Å². The summed E-state index contributed by atoms with van der Waals surface area (Å²) in [6.45, 7) is 0. The summed E-state index contributed by atoms with van der Waals surface area (Å²) in [4.78, 5) is 0. The van der Waals surface area contributed by atoms with E-state index in [2.05, 4.69) is 78.9 Å². The molecule has 4 rings (SSSR count). The van der Waals surface area contributed by atoms with Crippen LogP contribution in [0.25, 0.3) is 0 Å². The van der Waals surface area contributed by atoms with Gasteiger partial charge in [-0.2, -0.15) is 5.26 Å². The highest BCUT2D eigenvalue weighted by Crippen LogP contribution is 2.21. The average Bonchev–Trinajstić information content (AvgIpc) is 2.89. The number of hydrogen-bond donors (Lipinski definition) is 0. The molecule has 0 spiro atoms. The second-order valence-electron chi connectivity index (χ2n) is 8.79. The van der Waals surface area contributed by atoms with E-state index in [1.54, 1.807) is 0 Å². The summed E-state index contributed by atoms with van der Waals surface area (Å²) in [7, 11) is -2.90. The van der Waals surface area contributed by atoms with Crippen molar-refractivity contribution in [3.05, 3.63) is 91.0 Å². The molecular weight excluding hydrogens is 420 g/mol. The van der Waals surface area contributed by atoms with Gasteiger partial charge in [0.25, 0.3) is 0 Å². The van der Waals surface area contributed by atoms with Crippen molar-refractivity contribution in [2.75, 3.05) is 0 Å². The molecule has 3 nitrogen and oxygen atoms in total. The van der Waals surface area contributed by atoms with Gasteiger partial charge in [-0.1, -0.05) is 123 Å². The summed E-state index contributed by atoms with van der Waals surface area (Å²) in [5.74, 6) is -0.169. The van der Waals surface area contributed by atoms with E-state index in [-0.39, 0.29) is 5.92 Å². The van der Waals surface area contributed by atoms with Crippen molar-refractivity contribution < 1.29 is 4.53 Å². The molecule has 0 bridgehead atoms.